The lowest BCUT2D eigenvalue weighted by molar-refractivity contribution is 0.501. The van der Waals surface area contributed by atoms with Crippen molar-refractivity contribution in [2.24, 2.45) is 0 Å². The fraction of sp³-hybridized carbons (Fsp3) is 0.500. The first-order valence-corrected chi connectivity index (χ1v) is 8.17. The van der Waals surface area contributed by atoms with Crippen molar-refractivity contribution in [1.82, 2.24) is 14.9 Å². The van der Waals surface area contributed by atoms with E-state index in [1.807, 2.05) is 12.4 Å². The molecule has 0 spiro atoms. The Morgan fingerprint density at radius 1 is 1.24 bits per heavy atom. The average Bonchev–Trinajstić information content (AvgIpc) is 2.84. The minimum Gasteiger partial charge on any atom is -0.353 e. The Morgan fingerprint density at radius 3 is 2.90 bits per heavy atom. The van der Waals surface area contributed by atoms with Gasteiger partial charge in [0.2, 0.25) is 0 Å². The lowest BCUT2D eigenvalue weighted by Gasteiger charge is -2.15. The fourth-order valence-electron chi connectivity index (χ4n) is 3.31. The molecule has 0 aliphatic heterocycles. The van der Waals surface area contributed by atoms with Gasteiger partial charge in [0, 0.05) is 37.4 Å². The van der Waals surface area contributed by atoms with Crippen LogP contribution in [-0.4, -0.2) is 16.1 Å². The quantitative estimate of drug-likeness (QED) is 0.851. The Hall–Kier alpha value is -1.61. The SMILES string of the molecule is CCNC1CCCCc2cn(CCc3ccncc3)cc21. The molecule has 0 saturated carbocycles. The summed E-state index contributed by atoms with van der Waals surface area (Å²) in [5, 5.41) is 3.65. The molecule has 0 saturated heterocycles. The number of hydrogen-bond acceptors (Lipinski definition) is 2. The van der Waals surface area contributed by atoms with E-state index in [-0.39, 0.29) is 0 Å². The van der Waals surface area contributed by atoms with Gasteiger partial charge in [-0.05, 0) is 61.1 Å². The maximum atomic E-state index is 4.08. The number of pyridine rings is 1. The monoisotopic (exact) mass is 283 g/mol. The molecule has 3 rings (SSSR count). The number of aryl methyl sites for hydroxylation is 3. The predicted octanol–water partition coefficient (Wildman–Crippen LogP) is 3.50. The van der Waals surface area contributed by atoms with Crippen LogP contribution in [0.4, 0.5) is 0 Å². The van der Waals surface area contributed by atoms with E-state index in [0.717, 1.165) is 19.5 Å². The summed E-state index contributed by atoms with van der Waals surface area (Å²) in [5.41, 5.74) is 4.44. The summed E-state index contributed by atoms with van der Waals surface area (Å²) in [6, 6.07) is 4.76. The molecule has 1 aliphatic rings. The van der Waals surface area contributed by atoms with Gasteiger partial charge in [-0.2, -0.15) is 0 Å². The molecule has 3 nitrogen and oxygen atoms in total. The summed E-state index contributed by atoms with van der Waals surface area (Å²) in [6.45, 7) is 4.30. The first-order chi connectivity index (χ1) is 10.4. The minimum atomic E-state index is 0.551. The van der Waals surface area contributed by atoms with Gasteiger partial charge in [-0.25, -0.2) is 0 Å². The summed E-state index contributed by atoms with van der Waals surface area (Å²) in [6.07, 6.45) is 14.7. The van der Waals surface area contributed by atoms with Gasteiger partial charge >= 0.3 is 0 Å². The molecule has 2 aromatic heterocycles. The molecule has 0 bridgehead atoms. The van der Waals surface area contributed by atoms with Crippen LogP contribution in [-0.2, 0) is 19.4 Å². The van der Waals surface area contributed by atoms with Crippen LogP contribution in [0.25, 0.3) is 0 Å². The second kappa shape index (κ2) is 6.90. The molecule has 2 aromatic rings. The van der Waals surface area contributed by atoms with Gasteiger partial charge < -0.3 is 9.88 Å². The molecular weight excluding hydrogens is 258 g/mol. The maximum absolute atomic E-state index is 4.08. The zero-order valence-corrected chi connectivity index (χ0v) is 12.9. The Bertz CT molecular complexity index is 559. The van der Waals surface area contributed by atoms with Crippen molar-refractivity contribution in [3.05, 3.63) is 53.6 Å². The van der Waals surface area contributed by atoms with Crippen molar-refractivity contribution in [3.63, 3.8) is 0 Å². The van der Waals surface area contributed by atoms with Crippen molar-refractivity contribution < 1.29 is 0 Å². The summed E-state index contributed by atoms with van der Waals surface area (Å²) in [4.78, 5) is 4.08. The highest BCUT2D eigenvalue weighted by atomic mass is 15.0. The Morgan fingerprint density at radius 2 is 2.10 bits per heavy atom. The number of rotatable bonds is 5. The maximum Gasteiger partial charge on any atom is 0.0337 e. The first-order valence-electron chi connectivity index (χ1n) is 8.17. The molecule has 2 heterocycles. The topological polar surface area (TPSA) is 29.9 Å². The lowest BCUT2D eigenvalue weighted by Crippen LogP contribution is -2.20. The van der Waals surface area contributed by atoms with Crippen LogP contribution in [0.15, 0.2) is 36.9 Å². The largest absolute Gasteiger partial charge is 0.353 e. The minimum absolute atomic E-state index is 0.551. The summed E-state index contributed by atoms with van der Waals surface area (Å²) in [7, 11) is 0. The van der Waals surface area contributed by atoms with Crippen LogP contribution >= 0.6 is 0 Å². The zero-order valence-electron chi connectivity index (χ0n) is 12.9. The molecule has 1 N–H and O–H groups in total. The highest BCUT2D eigenvalue weighted by molar-refractivity contribution is 5.29. The number of fused-ring (bicyclic) bond motifs is 1. The molecule has 21 heavy (non-hydrogen) atoms. The Balaban J connectivity index is 1.71. The van der Waals surface area contributed by atoms with E-state index >= 15 is 0 Å². The third kappa shape index (κ3) is 3.53. The van der Waals surface area contributed by atoms with Gasteiger partial charge in [0.1, 0.15) is 0 Å². The van der Waals surface area contributed by atoms with E-state index in [2.05, 4.69) is 46.3 Å². The van der Waals surface area contributed by atoms with Gasteiger partial charge in [-0.15, -0.1) is 0 Å². The fourth-order valence-corrected chi connectivity index (χ4v) is 3.31. The molecule has 112 valence electrons. The van der Waals surface area contributed by atoms with Gasteiger partial charge in [0.25, 0.3) is 0 Å². The van der Waals surface area contributed by atoms with Crippen LogP contribution in [0.2, 0.25) is 0 Å². The van der Waals surface area contributed by atoms with E-state index < -0.39 is 0 Å². The van der Waals surface area contributed by atoms with Crippen molar-refractivity contribution >= 4 is 0 Å². The summed E-state index contributed by atoms with van der Waals surface area (Å²) < 4.78 is 2.38. The first kappa shape index (κ1) is 14.3. The number of nitrogens with one attached hydrogen (secondary N) is 1. The van der Waals surface area contributed by atoms with E-state index in [4.69, 9.17) is 0 Å². The standard InChI is InChI=1S/C18H25N3/c1-2-20-18-6-4-3-5-16-13-21(14-17(16)18)12-9-15-7-10-19-11-8-15/h7-8,10-11,13-14,18,20H,2-6,9,12H2,1H3. The average molecular weight is 283 g/mol. The van der Waals surface area contributed by atoms with Crippen LogP contribution in [0.1, 0.15) is 48.9 Å². The summed E-state index contributed by atoms with van der Waals surface area (Å²) in [5.74, 6) is 0. The van der Waals surface area contributed by atoms with Gasteiger partial charge in [0.05, 0.1) is 0 Å². The third-order valence-corrected chi connectivity index (χ3v) is 4.42. The lowest BCUT2D eigenvalue weighted by atomic mass is 10.0. The van der Waals surface area contributed by atoms with Crippen molar-refractivity contribution in [2.75, 3.05) is 6.54 Å². The highest BCUT2D eigenvalue weighted by Crippen LogP contribution is 2.29. The van der Waals surface area contributed by atoms with Gasteiger partial charge in [0.15, 0.2) is 0 Å². The number of aromatic nitrogens is 2. The second-order valence-electron chi connectivity index (χ2n) is 5.94. The van der Waals surface area contributed by atoms with E-state index in [0.29, 0.717) is 6.04 Å². The number of hydrogen-bond donors (Lipinski definition) is 1. The molecule has 1 atom stereocenters. The second-order valence-corrected chi connectivity index (χ2v) is 5.94. The molecule has 0 radical (unpaired) electrons. The molecular formula is C18H25N3. The van der Waals surface area contributed by atoms with Crippen LogP contribution in [0.5, 0.6) is 0 Å². The van der Waals surface area contributed by atoms with Crippen LogP contribution < -0.4 is 5.32 Å². The zero-order chi connectivity index (χ0) is 14.5. The normalized spacial score (nSPS) is 18.2. The summed E-state index contributed by atoms with van der Waals surface area (Å²) >= 11 is 0. The van der Waals surface area contributed by atoms with Crippen molar-refractivity contribution in [1.29, 1.82) is 0 Å². The van der Waals surface area contributed by atoms with Gasteiger partial charge in [-0.3, -0.25) is 4.98 Å². The van der Waals surface area contributed by atoms with Crippen LogP contribution in [0, 0.1) is 0 Å². The molecule has 0 fully saturated rings. The van der Waals surface area contributed by atoms with E-state index in [1.54, 1.807) is 5.56 Å². The van der Waals surface area contributed by atoms with E-state index in [9.17, 15) is 0 Å². The Kier molecular flexibility index (Phi) is 4.71. The smallest absolute Gasteiger partial charge is 0.0337 e. The van der Waals surface area contributed by atoms with Gasteiger partial charge in [-0.1, -0.05) is 13.3 Å². The van der Waals surface area contributed by atoms with Crippen molar-refractivity contribution in [3.8, 4) is 0 Å². The Labute approximate surface area is 127 Å². The van der Waals surface area contributed by atoms with E-state index in [1.165, 1.54) is 36.8 Å². The molecule has 0 aromatic carbocycles. The molecule has 1 unspecified atom stereocenters. The van der Waals surface area contributed by atoms with Crippen molar-refractivity contribution in [2.45, 2.75) is 51.6 Å². The molecule has 0 amide bonds. The molecule has 3 heteroatoms. The number of nitrogens with zero attached hydrogens (tertiary/aromatic N) is 2. The third-order valence-electron chi connectivity index (χ3n) is 4.42. The predicted molar refractivity (Wildman–Crippen MR) is 86.3 cm³/mol. The molecule has 1 aliphatic carbocycles. The van der Waals surface area contributed by atoms with Crippen LogP contribution in [0.3, 0.4) is 0 Å². The highest BCUT2D eigenvalue weighted by Gasteiger charge is 2.19.